The Morgan fingerprint density at radius 1 is 0.818 bits per heavy atom. The lowest BCUT2D eigenvalue weighted by Crippen LogP contribution is -1.86. The quantitative estimate of drug-likeness (QED) is 0.533. The predicted molar refractivity (Wildman–Crippen MR) is 91.4 cm³/mol. The molecule has 0 amide bonds. The molecule has 0 atom stereocenters. The molecule has 0 bridgehead atoms. The fourth-order valence-electron chi connectivity index (χ4n) is 2.74. The molecule has 0 aliphatic rings. The van der Waals surface area contributed by atoms with Crippen molar-refractivity contribution < 1.29 is 0 Å². The van der Waals surface area contributed by atoms with Crippen LogP contribution in [0.1, 0.15) is 0 Å². The first kappa shape index (κ1) is 12.7. The van der Waals surface area contributed by atoms with E-state index < -0.39 is 0 Å². The van der Waals surface area contributed by atoms with Crippen molar-refractivity contribution in [2.24, 2.45) is 0 Å². The Kier molecular flexibility index (Phi) is 2.90. The molecule has 2 aromatic carbocycles. The number of anilines is 1. The van der Waals surface area contributed by atoms with Crippen LogP contribution in [0.2, 0.25) is 0 Å². The number of nitrogen functional groups attached to an aromatic ring is 1. The standard InChI is InChI=1S/C19H15N3/c20-16-8-4-7-14(9-16)15-10-17-18(12-22-19(17)21-11-15)13-5-2-1-3-6-13/h1-12H,20H2,(H,21,22). The number of nitrogens with one attached hydrogen (secondary N) is 1. The van der Waals surface area contributed by atoms with E-state index in [9.17, 15) is 0 Å². The summed E-state index contributed by atoms with van der Waals surface area (Å²) in [6, 6.07) is 20.4. The van der Waals surface area contributed by atoms with E-state index in [0.717, 1.165) is 33.4 Å². The molecule has 3 nitrogen and oxygen atoms in total. The summed E-state index contributed by atoms with van der Waals surface area (Å²) in [6.07, 6.45) is 3.89. The van der Waals surface area contributed by atoms with Gasteiger partial charge in [-0.25, -0.2) is 4.98 Å². The highest BCUT2D eigenvalue weighted by Crippen LogP contribution is 2.31. The summed E-state index contributed by atoms with van der Waals surface area (Å²) in [6.45, 7) is 0. The zero-order valence-electron chi connectivity index (χ0n) is 12.0. The first-order chi connectivity index (χ1) is 10.8. The van der Waals surface area contributed by atoms with Gasteiger partial charge >= 0.3 is 0 Å². The molecule has 3 heteroatoms. The second-order valence-electron chi connectivity index (χ2n) is 5.31. The molecule has 0 fully saturated rings. The van der Waals surface area contributed by atoms with E-state index in [0.29, 0.717) is 0 Å². The maximum Gasteiger partial charge on any atom is 0.137 e. The Morgan fingerprint density at radius 2 is 1.64 bits per heavy atom. The summed E-state index contributed by atoms with van der Waals surface area (Å²) in [5.41, 5.74) is 12.0. The van der Waals surface area contributed by atoms with Crippen LogP contribution >= 0.6 is 0 Å². The van der Waals surface area contributed by atoms with E-state index in [-0.39, 0.29) is 0 Å². The fraction of sp³-hybridized carbons (Fsp3) is 0. The lowest BCUT2D eigenvalue weighted by Gasteiger charge is -2.04. The maximum atomic E-state index is 5.88. The number of aromatic nitrogens is 2. The van der Waals surface area contributed by atoms with E-state index in [1.54, 1.807) is 0 Å². The highest BCUT2D eigenvalue weighted by atomic mass is 14.8. The lowest BCUT2D eigenvalue weighted by atomic mass is 10.0. The average molecular weight is 285 g/mol. The van der Waals surface area contributed by atoms with Crippen molar-refractivity contribution in [2.75, 3.05) is 5.73 Å². The molecule has 106 valence electrons. The van der Waals surface area contributed by atoms with E-state index in [1.165, 1.54) is 5.56 Å². The van der Waals surface area contributed by atoms with Gasteiger partial charge in [-0.1, -0.05) is 42.5 Å². The molecule has 22 heavy (non-hydrogen) atoms. The molecule has 0 spiro atoms. The number of fused-ring (bicyclic) bond motifs is 1. The molecular formula is C19H15N3. The minimum Gasteiger partial charge on any atom is -0.399 e. The van der Waals surface area contributed by atoms with Gasteiger partial charge < -0.3 is 10.7 Å². The van der Waals surface area contributed by atoms with Crippen LogP contribution < -0.4 is 5.73 Å². The number of aromatic amines is 1. The largest absolute Gasteiger partial charge is 0.399 e. The molecule has 0 aliphatic carbocycles. The smallest absolute Gasteiger partial charge is 0.137 e. The van der Waals surface area contributed by atoms with E-state index >= 15 is 0 Å². The second-order valence-corrected chi connectivity index (χ2v) is 5.31. The molecule has 2 heterocycles. The van der Waals surface area contributed by atoms with Gasteiger partial charge in [-0.05, 0) is 29.3 Å². The highest BCUT2D eigenvalue weighted by molar-refractivity contribution is 5.95. The van der Waals surface area contributed by atoms with Gasteiger partial charge in [-0.2, -0.15) is 0 Å². The van der Waals surface area contributed by atoms with Crippen molar-refractivity contribution in [2.45, 2.75) is 0 Å². The fourth-order valence-corrected chi connectivity index (χ4v) is 2.74. The van der Waals surface area contributed by atoms with Gasteiger partial charge in [0.1, 0.15) is 5.65 Å². The molecule has 2 aromatic heterocycles. The molecule has 0 aliphatic heterocycles. The Balaban J connectivity index is 1.90. The zero-order chi connectivity index (χ0) is 14.9. The van der Waals surface area contributed by atoms with Crippen molar-refractivity contribution in [1.29, 1.82) is 0 Å². The Hall–Kier alpha value is -3.07. The van der Waals surface area contributed by atoms with Crippen LogP contribution in [0.4, 0.5) is 5.69 Å². The summed E-state index contributed by atoms with van der Waals surface area (Å²) in [5, 5.41) is 1.12. The third-order valence-electron chi connectivity index (χ3n) is 3.84. The number of rotatable bonds is 2. The molecule has 4 aromatic rings. The SMILES string of the molecule is Nc1cccc(-c2cnc3[nH]cc(-c4ccccc4)c3c2)c1. The van der Waals surface area contributed by atoms with Crippen LogP contribution in [0.3, 0.4) is 0 Å². The number of H-pyrrole nitrogens is 1. The van der Waals surface area contributed by atoms with Crippen molar-refractivity contribution in [3.8, 4) is 22.3 Å². The molecule has 0 saturated carbocycles. The summed E-state index contributed by atoms with van der Waals surface area (Å²) in [7, 11) is 0. The molecular weight excluding hydrogens is 270 g/mol. The molecule has 0 unspecified atom stereocenters. The zero-order valence-corrected chi connectivity index (χ0v) is 12.0. The van der Waals surface area contributed by atoms with Gasteiger partial charge in [0.15, 0.2) is 0 Å². The Labute approximate surface area is 128 Å². The third-order valence-corrected chi connectivity index (χ3v) is 3.84. The number of nitrogens with two attached hydrogens (primary N) is 1. The van der Waals surface area contributed by atoms with Gasteiger partial charge in [0, 0.05) is 34.6 Å². The predicted octanol–water partition coefficient (Wildman–Crippen LogP) is 4.48. The van der Waals surface area contributed by atoms with Crippen molar-refractivity contribution in [1.82, 2.24) is 9.97 Å². The topological polar surface area (TPSA) is 54.7 Å². The number of hydrogen-bond acceptors (Lipinski definition) is 2. The normalized spacial score (nSPS) is 10.9. The van der Waals surface area contributed by atoms with E-state index in [4.69, 9.17) is 5.73 Å². The monoisotopic (exact) mass is 285 g/mol. The summed E-state index contributed by atoms with van der Waals surface area (Å²) in [5.74, 6) is 0. The second kappa shape index (κ2) is 5.04. The van der Waals surface area contributed by atoms with Gasteiger partial charge in [0.2, 0.25) is 0 Å². The summed E-state index contributed by atoms with van der Waals surface area (Å²) < 4.78 is 0. The molecule has 0 saturated heterocycles. The van der Waals surface area contributed by atoms with Crippen LogP contribution in [0.15, 0.2) is 73.1 Å². The van der Waals surface area contributed by atoms with Crippen molar-refractivity contribution in [3.63, 3.8) is 0 Å². The summed E-state index contributed by atoms with van der Waals surface area (Å²) in [4.78, 5) is 7.78. The third kappa shape index (κ3) is 2.13. The van der Waals surface area contributed by atoms with Crippen LogP contribution in [0.25, 0.3) is 33.3 Å². The van der Waals surface area contributed by atoms with Crippen LogP contribution in [-0.4, -0.2) is 9.97 Å². The maximum absolute atomic E-state index is 5.88. The molecule has 4 rings (SSSR count). The van der Waals surface area contributed by atoms with Gasteiger partial charge in [-0.15, -0.1) is 0 Å². The highest BCUT2D eigenvalue weighted by Gasteiger charge is 2.08. The minimum absolute atomic E-state index is 0.759. The first-order valence-corrected chi connectivity index (χ1v) is 7.20. The molecule has 3 N–H and O–H groups in total. The average Bonchev–Trinajstić information content (AvgIpc) is 2.99. The summed E-state index contributed by atoms with van der Waals surface area (Å²) >= 11 is 0. The number of pyridine rings is 1. The van der Waals surface area contributed by atoms with Crippen LogP contribution in [0.5, 0.6) is 0 Å². The van der Waals surface area contributed by atoms with E-state index in [1.807, 2.05) is 54.9 Å². The molecule has 0 radical (unpaired) electrons. The van der Waals surface area contributed by atoms with Crippen molar-refractivity contribution in [3.05, 3.63) is 73.1 Å². The number of hydrogen-bond donors (Lipinski definition) is 2. The minimum atomic E-state index is 0.759. The Morgan fingerprint density at radius 3 is 2.45 bits per heavy atom. The van der Waals surface area contributed by atoms with Gasteiger partial charge in [0.25, 0.3) is 0 Å². The lowest BCUT2D eigenvalue weighted by molar-refractivity contribution is 1.33. The van der Waals surface area contributed by atoms with Gasteiger partial charge in [-0.3, -0.25) is 0 Å². The van der Waals surface area contributed by atoms with Crippen LogP contribution in [-0.2, 0) is 0 Å². The van der Waals surface area contributed by atoms with Crippen molar-refractivity contribution >= 4 is 16.7 Å². The van der Waals surface area contributed by atoms with E-state index in [2.05, 4.69) is 28.2 Å². The first-order valence-electron chi connectivity index (χ1n) is 7.20. The Bertz CT molecular complexity index is 939. The van der Waals surface area contributed by atoms with Crippen LogP contribution in [0, 0.1) is 0 Å². The number of benzene rings is 2. The number of nitrogens with zero attached hydrogens (tertiary/aromatic N) is 1. The van der Waals surface area contributed by atoms with Gasteiger partial charge in [0.05, 0.1) is 0 Å².